The summed E-state index contributed by atoms with van der Waals surface area (Å²) in [6.45, 7) is 2.33. The number of rotatable bonds is 8. The number of carbonyl (C=O) groups excluding carboxylic acids is 1. The highest BCUT2D eigenvalue weighted by molar-refractivity contribution is 6.33. The lowest BCUT2D eigenvalue weighted by molar-refractivity contribution is -0.116. The summed E-state index contributed by atoms with van der Waals surface area (Å²) in [5, 5.41) is 6.75. The van der Waals surface area contributed by atoms with Crippen LogP contribution in [0.25, 0.3) is 0 Å². The van der Waals surface area contributed by atoms with Gasteiger partial charge in [0.15, 0.2) is 0 Å². The second-order valence-electron chi connectivity index (χ2n) is 6.23. The zero-order chi connectivity index (χ0) is 20.2. The van der Waals surface area contributed by atoms with Crippen molar-refractivity contribution < 1.29 is 14.3 Å². The Labute approximate surface area is 168 Å². The molecule has 0 fully saturated rings. The number of allylic oxidation sites excluding steroid dienone is 2. The van der Waals surface area contributed by atoms with E-state index in [1.165, 1.54) is 19.4 Å². The number of methoxy groups -OCH3 is 2. The Kier molecular flexibility index (Phi) is 7.05. The molecule has 4 N–H and O–H groups in total. The number of hydrogen-bond acceptors (Lipinski definition) is 7. The predicted octanol–water partition coefficient (Wildman–Crippen LogP) is 2.52. The predicted molar refractivity (Wildman–Crippen MR) is 106 cm³/mol. The first-order valence-corrected chi connectivity index (χ1v) is 8.94. The smallest absolute Gasteiger partial charge is 0.247 e. The van der Waals surface area contributed by atoms with Crippen molar-refractivity contribution in [3.05, 3.63) is 33.6 Å². The summed E-state index contributed by atoms with van der Waals surface area (Å²) in [7, 11) is 4.82. The molecule has 1 aromatic rings. The number of carbonyl (C=O) groups is 1. The van der Waals surface area contributed by atoms with Gasteiger partial charge < -0.3 is 25.8 Å². The first-order chi connectivity index (χ1) is 12.8. The maximum Gasteiger partial charge on any atom is 0.247 e. The van der Waals surface area contributed by atoms with E-state index in [4.69, 9.17) is 38.4 Å². The SMILES string of the molecule is CNc1nc(NC2=C(Cl)C=C(C(N)=O)C(OC)C2(C)CCOC)ncc1Cl. The number of amides is 1. The van der Waals surface area contributed by atoms with E-state index < -0.39 is 17.4 Å². The summed E-state index contributed by atoms with van der Waals surface area (Å²) < 4.78 is 10.9. The van der Waals surface area contributed by atoms with Gasteiger partial charge in [-0.25, -0.2) is 4.98 Å². The molecule has 2 unspecified atom stereocenters. The van der Waals surface area contributed by atoms with Crippen molar-refractivity contribution in [1.29, 1.82) is 0 Å². The van der Waals surface area contributed by atoms with Gasteiger partial charge in [0.25, 0.3) is 0 Å². The molecule has 2 atom stereocenters. The molecule has 0 radical (unpaired) electrons. The third-order valence-electron chi connectivity index (χ3n) is 4.52. The Morgan fingerprint density at radius 2 is 2.11 bits per heavy atom. The van der Waals surface area contributed by atoms with Crippen LogP contribution in [0.5, 0.6) is 0 Å². The molecule has 0 spiro atoms. The Morgan fingerprint density at radius 1 is 1.41 bits per heavy atom. The van der Waals surface area contributed by atoms with Crippen molar-refractivity contribution in [2.45, 2.75) is 19.4 Å². The van der Waals surface area contributed by atoms with Crippen molar-refractivity contribution >= 4 is 40.9 Å². The van der Waals surface area contributed by atoms with Crippen LogP contribution in [0.15, 0.2) is 28.6 Å². The quantitative estimate of drug-likeness (QED) is 0.597. The number of ether oxygens (including phenoxy) is 2. The first-order valence-electron chi connectivity index (χ1n) is 8.19. The summed E-state index contributed by atoms with van der Waals surface area (Å²) in [4.78, 5) is 20.4. The van der Waals surface area contributed by atoms with Gasteiger partial charge in [-0.15, -0.1) is 0 Å². The number of primary amides is 1. The lowest BCUT2D eigenvalue weighted by Crippen LogP contribution is -2.45. The van der Waals surface area contributed by atoms with Crippen LogP contribution in [0.3, 0.4) is 0 Å². The molecule has 148 valence electrons. The maximum absolute atomic E-state index is 11.9. The minimum atomic E-state index is -0.732. The van der Waals surface area contributed by atoms with Crippen LogP contribution < -0.4 is 16.4 Å². The second kappa shape index (κ2) is 8.88. The third kappa shape index (κ3) is 4.35. The Balaban J connectivity index is 2.54. The normalized spacial score (nSPS) is 22.4. The number of halogens is 2. The number of nitrogens with zero attached hydrogens (tertiary/aromatic N) is 2. The highest BCUT2D eigenvalue weighted by Crippen LogP contribution is 2.45. The third-order valence-corrected chi connectivity index (χ3v) is 5.09. The Morgan fingerprint density at radius 3 is 2.67 bits per heavy atom. The summed E-state index contributed by atoms with van der Waals surface area (Å²) in [6, 6.07) is 0. The van der Waals surface area contributed by atoms with E-state index in [0.29, 0.717) is 46.1 Å². The van der Waals surface area contributed by atoms with Gasteiger partial charge in [0.05, 0.1) is 17.3 Å². The molecule has 10 heteroatoms. The summed E-state index contributed by atoms with van der Waals surface area (Å²) >= 11 is 12.5. The van der Waals surface area contributed by atoms with Gasteiger partial charge in [-0.1, -0.05) is 30.1 Å². The molecule has 1 aliphatic rings. The van der Waals surface area contributed by atoms with Crippen LogP contribution in [0, 0.1) is 5.41 Å². The molecule has 0 saturated heterocycles. The number of nitrogens with one attached hydrogen (secondary N) is 2. The maximum atomic E-state index is 11.9. The van der Waals surface area contributed by atoms with E-state index in [1.807, 2.05) is 6.92 Å². The highest BCUT2D eigenvalue weighted by Gasteiger charge is 2.45. The Hall–Kier alpha value is -1.87. The van der Waals surface area contributed by atoms with Gasteiger partial charge >= 0.3 is 0 Å². The molecule has 1 aliphatic carbocycles. The molecule has 1 amide bonds. The lowest BCUT2D eigenvalue weighted by Gasteiger charge is -2.42. The topological polar surface area (TPSA) is 111 Å². The summed E-state index contributed by atoms with van der Waals surface area (Å²) in [5.74, 6) is 0.172. The fourth-order valence-electron chi connectivity index (χ4n) is 3.11. The van der Waals surface area contributed by atoms with E-state index in [2.05, 4.69) is 20.6 Å². The fourth-order valence-corrected chi connectivity index (χ4v) is 3.67. The second-order valence-corrected chi connectivity index (χ2v) is 7.04. The van der Waals surface area contributed by atoms with Crippen LogP contribution >= 0.6 is 23.2 Å². The monoisotopic (exact) mass is 415 g/mol. The van der Waals surface area contributed by atoms with E-state index >= 15 is 0 Å². The highest BCUT2D eigenvalue weighted by atomic mass is 35.5. The van der Waals surface area contributed by atoms with E-state index in [0.717, 1.165) is 0 Å². The van der Waals surface area contributed by atoms with Crippen molar-refractivity contribution in [3.8, 4) is 0 Å². The molecular weight excluding hydrogens is 393 g/mol. The molecular formula is C17H23Cl2N5O3. The average molecular weight is 416 g/mol. The van der Waals surface area contributed by atoms with Gasteiger partial charge in [0.2, 0.25) is 11.9 Å². The number of anilines is 2. The van der Waals surface area contributed by atoms with E-state index in [9.17, 15) is 4.79 Å². The van der Waals surface area contributed by atoms with E-state index in [-0.39, 0.29) is 0 Å². The van der Waals surface area contributed by atoms with Crippen molar-refractivity contribution in [3.63, 3.8) is 0 Å². The molecule has 0 saturated carbocycles. The lowest BCUT2D eigenvalue weighted by atomic mass is 9.71. The van der Waals surface area contributed by atoms with Gasteiger partial charge in [0, 0.05) is 44.6 Å². The van der Waals surface area contributed by atoms with Gasteiger partial charge in [-0.3, -0.25) is 4.79 Å². The van der Waals surface area contributed by atoms with Crippen molar-refractivity contribution in [2.24, 2.45) is 11.1 Å². The van der Waals surface area contributed by atoms with Gasteiger partial charge in [-0.2, -0.15) is 4.98 Å². The van der Waals surface area contributed by atoms with Crippen LogP contribution in [0.1, 0.15) is 13.3 Å². The molecule has 1 heterocycles. The number of hydrogen-bond donors (Lipinski definition) is 3. The standard InChI is InChI=1S/C17H23Cl2N5O3/c1-17(5-6-26-3)12(10(18)7-9(14(20)25)13(17)27-4)23-16-22-8-11(19)15(21-2)24-16/h7-8,13H,5-6H2,1-4H3,(H2,20,25)(H2,21,22,23,24). The van der Waals surface area contributed by atoms with Crippen LogP contribution in [-0.4, -0.2) is 49.9 Å². The molecule has 27 heavy (non-hydrogen) atoms. The number of aromatic nitrogens is 2. The van der Waals surface area contributed by atoms with E-state index in [1.54, 1.807) is 14.2 Å². The Bertz CT molecular complexity index is 784. The summed E-state index contributed by atoms with van der Waals surface area (Å²) in [5.41, 5.74) is 5.69. The van der Waals surface area contributed by atoms with Crippen LogP contribution in [0.2, 0.25) is 5.02 Å². The average Bonchev–Trinajstić information content (AvgIpc) is 2.64. The molecule has 8 nitrogen and oxygen atoms in total. The molecule has 0 aliphatic heterocycles. The zero-order valence-corrected chi connectivity index (χ0v) is 17.1. The minimum absolute atomic E-state index is 0.291. The van der Waals surface area contributed by atoms with Crippen LogP contribution in [-0.2, 0) is 14.3 Å². The minimum Gasteiger partial charge on any atom is -0.385 e. The van der Waals surface area contributed by atoms with Gasteiger partial charge in [0.1, 0.15) is 10.8 Å². The summed E-state index contributed by atoms with van der Waals surface area (Å²) in [6.07, 6.45) is 2.87. The zero-order valence-electron chi connectivity index (χ0n) is 15.6. The number of nitrogens with two attached hydrogens (primary N) is 1. The molecule has 0 bridgehead atoms. The van der Waals surface area contributed by atoms with Crippen molar-refractivity contribution in [1.82, 2.24) is 9.97 Å². The largest absolute Gasteiger partial charge is 0.385 e. The van der Waals surface area contributed by atoms with Gasteiger partial charge in [-0.05, 0) is 12.5 Å². The fraction of sp³-hybridized carbons (Fsp3) is 0.471. The van der Waals surface area contributed by atoms with Crippen molar-refractivity contribution in [2.75, 3.05) is 38.5 Å². The van der Waals surface area contributed by atoms with Crippen LogP contribution in [0.4, 0.5) is 11.8 Å². The first kappa shape index (κ1) is 21.4. The molecule has 2 rings (SSSR count). The molecule has 0 aromatic carbocycles. The molecule has 1 aromatic heterocycles.